The third kappa shape index (κ3) is 23.7. The fraction of sp³-hybridized carbons (Fsp3) is 0.692. The van der Waals surface area contributed by atoms with E-state index in [2.05, 4.69) is 89.8 Å². The number of aryl methyl sites for hydroxylation is 4. The quantitative estimate of drug-likeness (QED) is 0.0303. The summed E-state index contributed by atoms with van der Waals surface area (Å²) in [5.41, 5.74) is 10.00. The molecule has 0 saturated heterocycles. The van der Waals surface area contributed by atoms with Gasteiger partial charge in [-0.3, -0.25) is 4.99 Å². The van der Waals surface area contributed by atoms with E-state index in [4.69, 9.17) is 9.98 Å². The van der Waals surface area contributed by atoms with Gasteiger partial charge in [-0.05, 0) is 110 Å². The molecule has 2 aromatic carbocycles. The number of benzene rings is 2. The van der Waals surface area contributed by atoms with Crippen LogP contribution in [0.5, 0.6) is 0 Å². The van der Waals surface area contributed by atoms with Crippen LogP contribution in [0.15, 0.2) is 46.4 Å². The first-order valence-corrected chi connectivity index (χ1v) is 23.5. The standard InChI is InChI=1S/C52H84N2.Pd/c1-7-13-17-19-20-21-22-23-24-25-26-27-28-32-38-52(54-50-42-40-46(35-29-15-9-3)48(44-50)36-30-16-10-4)51(37-31-18-14-8-2)53-49-41-39-45(33-11-5)47(43-49)34-12-6;/h39-44H,7-31,33-37H2,1-6H3;. The number of unbranched alkanes of at least 4 members (excludes halogenated alkanes) is 19. The van der Waals surface area contributed by atoms with Gasteiger partial charge in [-0.2, -0.15) is 0 Å². The molecule has 0 aliphatic heterocycles. The van der Waals surface area contributed by atoms with E-state index in [-0.39, 0.29) is 20.4 Å². The van der Waals surface area contributed by atoms with Gasteiger partial charge in [-0.15, -0.1) is 0 Å². The van der Waals surface area contributed by atoms with E-state index in [0.29, 0.717) is 0 Å². The molecular formula is C52H84N2Pd. The maximum absolute atomic E-state index is 5.42. The van der Waals surface area contributed by atoms with Crippen molar-refractivity contribution in [2.24, 2.45) is 9.98 Å². The summed E-state index contributed by atoms with van der Waals surface area (Å²) in [6, 6.07) is 13.9. The Bertz CT molecular complexity index is 1360. The van der Waals surface area contributed by atoms with Gasteiger partial charge in [0, 0.05) is 26.8 Å². The van der Waals surface area contributed by atoms with E-state index in [1.54, 1.807) is 0 Å². The van der Waals surface area contributed by atoms with Crippen molar-refractivity contribution in [2.75, 3.05) is 0 Å². The van der Waals surface area contributed by atoms with Crippen molar-refractivity contribution in [2.45, 2.75) is 234 Å². The van der Waals surface area contributed by atoms with Crippen LogP contribution in [0.2, 0.25) is 0 Å². The molecule has 0 saturated carbocycles. The van der Waals surface area contributed by atoms with E-state index >= 15 is 0 Å². The first-order valence-electron chi connectivity index (χ1n) is 23.5. The van der Waals surface area contributed by atoms with E-state index < -0.39 is 0 Å². The molecular weight excluding hydrogens is 759 g/mol. The van der Waals surface area contributed by atoms with Gasteiger partial charge in [-0.25, -0.2) is 4.99 Å². The molecule has 0 N–H and O–H groups in total. The molecule has 0 atom stereocenters. The second-order valence-corrected chi connectivity index (χ2v) is 16.1. The van der Waals surface area contributed by atoms with Crippen LogP contribution in [0.3, 0.4) is 0 Å². The average molecular weight is 844 g/mol. The van der Waals surface area contributed by atoms with Crippen LogP contribution in [0.1, 0.15) is 231 Å². The van der Waals surface area contributed by atoms with Gasteiger partial charge in [0.05, 0.1) is 17.1 Å². The van der Waals surface area contributed by atoms with E-state index in [1.807, 2.05) is 0 Å². The van der Waals surface area contributed by atoms with Crippen LogP contribution >= 0.6 is 0 Å². The fourth-order valence-corrected chi connectivity index (χ4v) is 7.58. The second kappa shape index (κ2) is 35.2. The molecule has 0 spiro atoms. The summed E-state index contributed by atoms with van der Waals surface area (Å²) in [6.45, 7) is 13.8. The molecule has 0 heterocycles. The minimum Gasteiger partial charge on any atom is -0.251 e. The molecule has 2 rings (SSSR count). The van der Waals surface area contributed by atoms with E-state index in [1.165, 1.54) is 170 Å². The van der Waals surface area contributed by atoms with Crippen LogP contribution < -0.4 is 0 Å². The number of rotatable bonds is 32. The molecule has 0 fully saturated rings. The zero-order chi connectivity index (χ0) is 38.9. The normalized spacial score (nSPS) is 11.7. The van der Waals surface area contributed by atoms with Gasteiger partial charge in [0.25, 0.3) is 0 Å². The smallest absolute Gasteiger partial charge is 0.135 e. The SMILES string of the molecule is CCCCCCCCCCCCCCC#CC(=Nc1ccc(CCCCC)c(CCCCC)c1)C(CCCCCC)=Nc1ccc(CCC)c(CCC)c1.[Pd]. The number of aliphatic imine (C=N–C) groups is 2. The van der Waals surface area contributed by atoms with Crippen molar-refractivity contribution in [3.8, 4) is 11.8 Å². The van der Waals surface area contributed by atoms with Crippen LogP contribution in [0.4, 0.5) is 11.4 Å². The van der Waals surface area contributed by atoms with Gasteiger partial charge in [-0.1, -0.05) is 188 Å². The van der Waals surface area contributed by atoms with Crippen LogP contribution in [-0.2, 0) is 46.1 Å². The van der Waals surface area contributed by atoms with Gasteiger partial charge < -0.3 is 0 Å². The zero-order valence-electron chi connectivity index (χ0n) is 36.9. The Kier molecular flexibility index (Phi) is 32.6. The summed E-state index contributed by atoms with van der Waals surface area (Å²) in [7, 11) is 0. The monoisotopic (exact) mass is 843 g/mol. The second-order valence-electron chi connectivity index (χ2n) is 16.1. The maximum atomic E-state index is 5.42. The summed E-state index contributed by atoms with van der Waals surface area (Å²) in [5.74, 6) is 7.25. The fourth-order valence-electron chi connectivity index (χ4n) is 7.58. The van der Waals surface area contributed by atoms with Gasteiger partial charge >= 0.3 is 0 Å². The summed E-state index contributed by atoms with van der Waals surface area (Å²) < 4.78 is 0. The Labute approximate surface area is 356 Å². The van der Waals surface area contributed by atoms with Crippen molar-refractivity contribution < 1.29 is 20.4 Å². The predicted molar refractivity (Wildman–Crippen MR) is 244 cm³/mol. The first kappa shape index (κ1) is 51.0. The molecule has 0 unspecified atom stereocenters. The molecule has 0 bridgehead atoms. The van der Waals surface area contributed by atoms with Crippen molar-refractivity contribution >= 4 is 22.8 Å². The third-order valence-electron chi connectivity index (χ3n) is 10.9. The average Bonchev–Trinajstić information content (AvgIpc) is 3.17. The topological polar surface area (TPSA) is 24.7 Å². The van der Waals surface area contributed by atoms with Gasteiger partial charge in [0.15, 0.2) is 0 Å². The molecule has 0 radical (unpaired) electrons. The van der Waals surface area contributed by atoms with Crippen molar-refractivity contribution in [1.82, 2.24) is 0 Å². The summed E-state index contributed by atoms with van der Waals surface area (Å²) >= 11 is 0. The Morgan fingerprint density at radius 1 is 0.418 bits per heavy atom. The molecule has 2 nitrogen and oxygen atoms in total. The van der Waals surface area contributed by atoms with Crippen LogP contribution in [0, 0.1) is 11.8 Å². The number of nitrogens with zero attached hydrogens (tertiary/aromatic N) is 2. The molecule has 0 aliphatic rings. The van der Waals surface area contributed by atoms with Gasteiger partial charge in [0.2, 0.25) is 0 Å². The summed E-state index contributed by atoms with van der Waals surface area (Å²) in [6.07, 6.45) is 37.6. The first-order chi connectivity index (χ1) is 26.6. The minimum absolute atomic E-state index is 0. The summed E-state index contributed by atoms with van der Waals surface area (Å²) in [4.78, 5) is 10.8. The van der Waals surface area contributed by atoms with Crippen LogP contribution in [-0.4, -0.2) is 11.4 Å². The van der Waals surface area contributed by atoms with E-state index in [0.717, 1.165) is 67.7 Å². The van der Waals surface area contributed by atoms with Gasteiger partial charge in [0.1, 0.15) is 5.71 Å². The molecule has 3 heteroatoms. The van der Waals surface area contributed by atoms with Crippen molar-refractivity contribution in [3.63, 3.8) is 0 Å². The minimum atomic E-state index is 0. The Morgan fingerprint density at radius 3 is 1.38 bits per heavy atom. The largest absolute Gasteiger partial charge is 0.251 e. The molecule has 312 valence electrons. The Hall–Kier alpha value is -2.00. The maximum Gasteiger partial charge on any atom is 0.135 e. The molecule has 0 aliphatic carbocycles. The van der Waals surface area contributed by atoms with E-state index in [9.17, 15) is 0 Å². The van der Waals surface area contributed by atoms with Crippen molar-refractivity contribution in [3.05, 3.63) is 58.7 Å². The number of hydrogen-bond donors (Lipinski definition) is 0. The number of hydrogen-bond acceptors (Lipinski definition) is 2. The molecule has 0 amide bonds. The predicted octanol–water partition coefficient (Wildman–Crippen LogP) is 17.0. The zero-order valence-corrected chi connectivity index (χ0v) is 38.4. The van der Waals surface area contributed by atoms with Crippen molar-refractivity contribution in [1.29, 1.82) is 0 Å². The Morgan fingerprint density at radius 2 is 0.836 bits per heavy atom. The van der Waals surface area contributed by atoms with Crippen LogP contribution in [0.25, 0.3) is 0 Å². The summed E-state index contributed by atoms with van der Waals surface area (Å²) in [5, 5.41) is 0. The third-order valence-corrected chi connectivity index (χ3v) is 10.9. The molecule has 55 heavy (non-hydrogen) atoms. The molecule has 2 aromatic rings. The Balaban J connectivity index is 0.0000151. The molecule has 0 aromatic heterocycles.